The van der Waals surface area contributed by atoms with Gasteiger partial charge in [-0.15, -0.1) is 6.42 Å². The van der Waals surface area contributed by atoms with Crippen LogP contribution in [0.4, 0.5) is 0 Å². The van der Waals surface area contributed by atoms with Crippen LogP contribution in [0.5, 0.6) is 0 Å². The number of sulfonamides is 1. The SMILES string of the molecule is C#CC(C)(C)NS(=O)(=O)c1ccc(C(=O)O)cc1Br. The van der Waals surface area contributed by atoms with Gasteiger partial charge < -0.3 is 5.11 Å². The van der Waals surface area contributed by atoms with Crippen LogP contribution in [0.2, 0.25) is 0 Å². The van der Waals surface area contributed by atoms with Crippen LogP contribution in [0.25, 0.3) is 0 Å². The monoisotopic (exact) mass is 345 g/mol. The van der Waals surface area contributed by atoms with E-state index in [-0.39, 0.29) is 14.9 Å². The molecule has 0 saturated heterocycles. The molecule has 1 aromatic rings. The lowest BCUT2D eigenvalue weighted by Gasteiger charge is -2.20. The summed E-state index contributed by atoms with van der Waals surface area (Å²) >= 11 is 3.05. The van der Waals surface area contributed by atoms with Gasteiger partial charge in [0.1, 0.15) is 0 Å². The van der Waals surface area contributed by atoms with Crippen molar-refractivity contribution < 1.29 is 18.3 Å². The van der Waals surface area contributed by atoms with Gasteiger partial charge in [-0.2, -0.15) is 4.72 Å². The van der Waals surface area contributed by atoms with Crippen LogP contribution >= 0.6 is 15.9 Å². The maximum absolute atomic E-state index is 12.1. The minimum atomic E-state index is -3.84. The van der Waals surface area contributed by atoms with E-state index in [9.17, 15) is 13.2 Å². The second-order valence-electron chi connectivity index (χ2n) is 4.33. The Morgan fingerprint density at radius 1 is 1.47 bits per heavy atom. The number of rotatable bonds is 4. The Morgan fingerprint density at radius 3 is 2.47 bits per heavy atom. The predicted molar refractivity (Wildman–Crippen MR) is 74.3 cm³/mol. The highest BCUT2D eigenvalue weighted by Crippen LogP contribution is 2.24. The summed E-state index contributed by atoms with van der Waals surface area (Å²) in [6.45, 7) is 3.09. The summed E-state index contributed by atoms with van der Waals surface area (Å²) in [6.07, 6.45) is 5.23. The van der Waals surface area contributed by atoms with Crippen LogP contribution in [0, 0.1) is 12.3 Å². The lowest BCUT2D eigenvalue weighted by Crippen LogP contribution is -2.42. The number of hydrogen-bond acceptors (Lipinski definition) is 3. The zero-order chi connectivity index (χ0) is 14.8. The first kappa shape index (κ1) is 15.7. The van der Waals surface area contributed by atoms with Crippen LogP contribution in [-0.4, -0.2) is 25.0 Å². The number of carboxylic acid groups (broad SMARTS) is 1. The molecule has 0 aromatic heterocycles. The van der Waals surface area contributed by atoms with Crippen LogP contribution in [-0.2, 0) is 10.0 Å². The number of carboxylic acids is 1. The fourth-order valence-corrected chi connectivity index (χ4v) is 3.69. The second-order valence-corrected chi connectivity index (χ2v) is 6.83. The number of aromatic carboxylic acids is 1. The molecule has 102 valence electrons. The van der Waals surface area contributed by atoms with Gasteiger partial charge in [0, 0.05) is 4.47 Å². The maximum atomic E-state index is 12.1. The molecular formula is C12H12BrNO4S. The molecule has 0 fully saturated rings. The summed E-state index contributed by atoms with van der Waals surface area (Å²) in [5, 5.41) is 8.82. The van der Waals surface area contributed by atoms with Crippen molar-refractivity contribution in [2.45, 2.75) is 24.3 Å². The van der Waals surface area contributed by atoms with E-state index in [4.69, 9.17) is 11.5 Å². The van der Waals surface area contributed by atoms with Gasteiger partial charge in [-0.05, 0) is 48.0 Å². The number of nitrogens with one attached hydrogen (secondary N) is 1. The molecule has 7 heteroatoms. The van der Waals surface area contributed by atoms with Crippen LogP contribution in [0.3, 0.4) is 0 Å². The minimum absolute atomic E-state index is 0.0120. The fourth-order valence-electron chi connectivity index (χ4n) is 1.27. The van der Waals surface area contributed by atoms with Gasteiger partial charge >= 0.3 is 5.97 Å². The van der Waals surface area contributed by atoms with Crippen molar-refractivity contribution in [3.8, 4) is 12.3 Å². The highest BCUT2D eigenvalue weighted by Gasteiger charge is 2.26. The number of halogens is 1. The minimum Gasteiger partial charge on any atom is -0.478 e. The molecule has 0 heterocycles. The quantitative estimate of drug-likeness (QED) is 0.815. The van der Waals surface area contributed by atoms with Crippen molar-refractivity contribution in [2.24, 2.45) is 0 Å². The Labute approximate surface area is 120 Å². The normalized spacial score (nSPS) is 11.9. The van der Waals surface area contributed by atoms with Crippen molar-refractivity contribution in [1.29, 1.82) is 0 Å². The molecule has 0 aliphatic heterocycles. The first-order chi connectivity index (χ1) is 8.59. The smallest absolute Gasteiger partial charge is 0.335 e. The Bertz CT molecular complexity index is 659. The highest BCUT2D eigenvalue weighted by molar-refractivity contribution is 9.10. The largest absolute Gasteiger partial charge is 0.478 e. The van der Waals surface area contributed by atoms with Crippen LogP contribution in [0.1, 0.15) is 24.2 Å². The molecule has 0 saturated carbocycles. The third kappa shape index (κ3) is 3.80. The van der Waals surface area contributed by atoms with Gasteiger partial charge in [0.25, 0.3) is 0 Å². The van der Waals surface area contributed by atoms with Crippen LogP contribution in [0.15, 0.2) is 27.6 Å². The van der Waals surface area contributed by atoms with E-state index < -0.39 is 21.5 Å². The van der Waals surface area contributed by atoms with Crippen molar-refractivity contribution in [3.63, 3.8) is 0 Å². The molecule has 0 atom stereocenters. The first-order valence-electron chi connectivity index (χ1n) is 5.14. The second kappa shape index (κ2) is 5.33. The number of carbonyl (C=O) groups is 1. The van der Waals surface area contributed by atoms with Crippen molar-refractivity contribution in [1.82, 2.24) is 4.72 Å². The van der Waals surface area contributed by atoms with E-state index in [1.54, 1.807) is 13.8 Å². The van der Waals surface area contributed by atoms with E-state index in [2.05, 4.69) is 26.6 Å². The van der Waals surface area contributed by atoms with Gasteiger partial charge in [-0.25, -0.2) is 13.2 Å². The van der Waals surface area contributed by atoms with Crippen molar-refractivity contribution >= 4 is 31.9 Å². The molecule has 0 aliphatic rings. The Morgan fingerprint density at radius 2 is 2.05 bits per heavy atom. The van der Waals surface area contributed by atoms with E-state index in [0.29, 0.717) is 0 Å². The number of benzene rings is 1. The molecule has 1 aromatic carbocycles. The summed E-state index contributed by atoms with van der Waals surface area (Å²) in [4.78, 5) is 10.7. The van der Waals surface area contributed by atoms with E-state index in [0.717, 1.165) is 0 Å². The third-order valence-electron chi connectivity index (χ3n) is 2.22. The fraction of sp³-hybridized carbons (Fsp3) is 0.250. The average molecular weight is 346 g/mol. The molecular weight excluding hydrogens is 334 g/mol. The van der Waals surface area contributed by atoms with Gasteiger partial charge in [0.2, 0.25) is 10.0 Å². The summed E-state index contributed by atoms with van der Waals surface area (Å²) in [5.41, 5.74) is -1.05. The third-order valence-corrected chi connectivity index (χ3v) is 4.85. The summed E-state index contributed by atoms with van der Waals surface area (Å²) < 4.78 is 26.8. The molecule has 5 nitrogen and oxygen atoms in total. The average Bonchev–Trinajstić information content (AvgIpc) is 2.27. The molecule has 0 aliphatic carbocycles. The molecule has 0 bridgehead atoms. The van der Waals surface area contributed by atoms with Crippen LogP contribution < -0.4 is 4.72 Å². The Hall–Kier alpha value is -1.36. The molecule has 1 rings (SSSR count). The molecule has 19 heavy (non-hydrogen) atoms. The molecule has 0 spiro atoms. The molecule has 2 N–H and O–H groups in total. The van der Waals surface area contributed by atoms with Gasteiger partial charge in [0.05, 0.1) is 16.0 Å². The zero-order valence-corrected chi connectivity index (χ0v) is 12.7. The van der Waals surface area contributed by atoms with Gasteiger partial charge in [-0.3, -0.25) is 0 Å². The predicted octanol–water partition coefficient (Wildman–Crippen LogP) is 1.84. The van der Waals surface area contributed by atoms with E-state index in [1.165, 1.54) is 18.2 Å². The Balaban J connectivity index is 3.24. The molecule has 0 unspecified atom stereocenters. The Kier molecular flexibility index (Phi) is 4.40. The maximum Gasteiger partial charge on any atom is 0.335 e. The topological polar surface area (TPSA) is 83.5 Å². The number of hydrogen-bond donors (Lipinski definition) is 2. The molecule has 0 radical (unpaired) electrons. The number of terminal acetylenes is 1. The van der Waals surface area contributed by atoms with Crippen molar-refractivity contribution in [2.75, 3.05) is 0 Å². The van der Waals surface area contributed by atoms with E-state index >= 15 is 0 Å². The lowest BCUT2D eigenvalue weighted by molar-refractivity contribution is 0.0696. The summed E-state index contributed by atoms with van der Waals surface area (Å²) in [5.74, 6) is 1.18. The van der Waals surface area contributed by atoms with Gasteiger partial charge in [-0.1, -0.05) is 5.92 Å². The summed E-state index contributed by atoms with van der Waals surface area (Å²) in [6, 6.07) is 3.65. The van der Waals surface area contributed by atoms with E-state index in [1.807, 2.05) is 0 Å². The lowest BCUT2D eigenvalue weighted by atomic mass is 10.1. The standard InChI is InChI=1S/C12H12BrNO4S/c1-4-12(2,3)14-19(17,18)10-6-5-8(11(15)16)7-9(10)13/h1,5-7,14H,2-3H3,(H,15,16). The van der Waals surface area contributed by atoms with Gasteiger partial charge in [0.15, 0.2) is 0 Å². The zero-order valence-electron chi connectivity index (χ0n) is 10.3. The summed E-state index contributed by atoms with van der Waals surface area (Å²) in [7, 11) is -3.84. The highest BCUT2D eigenvalue weighted by atomic mass is 79.9. The van der Waals surface area contributed by atoms with Crippen molar-refractivity contribution in [3.05, 3.63) is 28.2 Å². The molecule has 0 amide bonds. The first-order valence-corrected chi connectivity index (χ1v) is 7.41.